The van der Waals surface area contributed by atoms with Crippen LogP contribution in [-0.2, 0) is 4.79 Å². The molecular formula is C17H18N4O2S. The number of thiazole rings is 1. The van der Waals surface area contributed by atoms with Crippen LogP contribution in [0.4, 0.5) is 0 Å². The molecule has 0 radical (unpaired) electrons. The number of nitrogens with one attached hydrogen (secondary N) is 3. The van der Waals surface area contributed by atoms with Crippen molar-refractivity contribution in [3.8, 4) is 0 Å². The predicted octanol–water partition coefficient (Wildman–Crippen LogP) is 2.62. The van der Waals surface area contributed by atoms with E-state index in [1.807, 2.05) is 36.6 Å². The van der Waals surface area contributed by atoms with Gasteiger partial charge in [-0.25, -0.2) is 4.98 Å². The van der Waals surface area contributed by atoms with Crippen LogP contribution in [0.1, 0.15) is 34.9 Å². The third kappa shape index (κ3) is 3.62. The van der Waals surface area contributed by atoms with E-state index in [-0.39, 0.29) is 24.4 Å². The van der Waals surface area contributed by atoms with Crippen molar-refractivity contribution in [2.75, 3.05) is 6.54 Å². The number of para-hydroxylation sites is 1. The lowest BCUT2D eigenvalue weighted by Gasteiger charge is -2.14. The summed E-state index contributed by atoms with van der Waals surface area (Å²) in [5.41, 5.74) is 1.33. The van der Waals surface area contributed by atoms with Gasteiger partial charge in [-0.05, 0) is 18.6 Å². The molecule has 1 aromatic carbocycles. The molecule has 7 heteroatoms. The minimum Gasteiger partial charge on any atom is -0.351 e. The fourth-order valence-corrected chi connectivity index (χ4v) is 3.21. The fraction of sp³-hybridized carbons (Fsp3) is 0.235. The Kier molecular flexibility index (Phi) is 4.90. The lowest BCUT2D eigenvalue weighted by molar-refractivity contribution is -0.120. The first-order valence-electron chi connectivity index (χ1n) is 7.72. The molecule has 3 N–H and O–H groups in total. The Balaban J connectivity index is 1.56. The summed E-state index contributed by atoms with van der Waals surface area (Å²) in [6.07, 6.45) is 2.46. The first kappa shape index (κ1) is 16.2. The highest BCUT2D eigenvalue weighted by Crippen LogP contribution is 2.18. The van der Waals surface area contributed by atoms with E-state index in [1.54, 1.807) is 12.3 Å². The molecule has 0 fully saturated rings. The third-order valence-corrected chi connectivity index (χ3v) is 4.57. The molecule has 0 saturated carbocycles. The smallest absolute Gasteiger partial charge is 0.268 e. The molecular weight excluding hydrogens is 324 g/mol. The number of carbonyl (C=O) groups is 2. The predicted molar refractivity (Wildman–Crippen MR) is 93.9 cm³/mol. The highest BCUT2D eigenvalue weighted by Gasteiger charge is 2.16. The average molecular weight is 342 g/mol. The number of carbonyl (C=O) groups excluding carboxylic acids is 2. The van der Waals surface area contributed by atoms with Gasteiger partial charge in [0.25, 0.3) is 5.91 Å². The second kappa shape index (κ2) is 7.27. The Bertz CT molecular complexity index is 808. The van der Waals surface area contributed by atoms with E-state index in [0.29, 0.717) is 5.69 Å². The van der Waals surface area contributed by atoms with Crippen molar-refractivity contribution in [2.24, 2.45) is 0 Å². The molecule has 3 aromatic rings. The van der Waals surface area contributed by atoms with Crippen LogP contribution in [-0.4, -0.2) is 28.3 Å². The maximum atomic E-state index is 12.2. The number of aromatic amines is 1. The Hall–Kier alpha value is -2.67. The van der Waals surface area contributed by atoms with Crippen molar-refractivity contribution in [2.45, 2.75) is 19.4 Å². The van der Waals surface area contributed by atoms with E-state index in [2.05, 4.69) is 20.6 Å². The van der Waals surface area contributed by atoms with E-state index >= 15 is 0 Å². The van der Waals surface area contributed by atoms with Crippen molar-refractivity contribution in [1.82, 2.24) is 20.6 Å². The van der Waals surface area contributed by atoms with Gasteiger partial charge in [0, 0.05) is 22.5 Å². The summed E-state index contributed by atoms with van der Waals surface area (Å²) in [7, 11) is 0. The summed E-state index contributed by atoms with van der Waals surface area (Å²) in [6.45, 7) is 1.91. The van der Waals surface area contributed by atoms with Crippen LogP contribution in [0.15, 0.2) is 41.9 Å². The number of rotatable bonds is 6. The van der Waals surface area contributed by atoms with Gasteiger partial charge in [-0.15, -0.1) is 11.3 Å². The SMILES string of the molecule is CCC(NC(=O)CNC(=O)c1cc2ccccc2[nH]1)c1nccs1. The van der Waals surface area contributed by atoms with Gasteiger partial charge in [0.05, 0.1) is 12.6 Å². The van der Waals surface area contributed by atoms with E-state index in [9.17, 15) is 9.59 Å². The molecule has 3 rings (SSSR count). The van der Waals surface area contributed by atoms with Crippen molar-refractivity contribution in [3.05, 3.63) is 52.6 Å². The zero-order valence-electron chi connectivity index (χ0n) is 13.2. The second-order valence-corrected chi connectivity index (χ2v) is 6.28. The zero-order chi connectivity index (χ0) is 16.9. The summed E-state index contributed by atoms with van der Waals surface area (Å²) in [5, 5.41) is 9.23. The quantitative estimate of drug-likeness (QED) is 0.643. The summed E-state index contributed by atoms with van der Waals surface area (Å²) in [6, 6.07) is 9.29. The van der Waals surface area contributed by atoms with Gasteiger partial charge in [0.2, 0.25) is 5.91 Å². The molecule has 0 bridgehead atoms. The summed E-state index contributed by atoms with van der Waals surface area (Å²) in [5.74, 6) is -0.537. The van der Waals surface area contributed by atoms with Crippen LogP contribution >= 0.6 is 11.3 Å². The molecule has 2 heterocycles. The topological polar surface area (TPSA) is 86.9 Å². The van der Waals surface area contributed by atoms with Crippen molar-refractivity contribution < 1.29 is 9.59 Å². The van der Waals surface area contributed by atoms with Crippen LogP contribution in [0.5, 0.6) is 0 Å². The number of nitrogens with zero attached hydrogens (tertiary/aromatic N) is 1. The molecule has 0 aliphatic carbocycles. The molecule has 0 spiro atoms. The summed E-state index contributed by atoms with van der Waals surface area (Å²) < 4.78 is 0. The van der Waals surface area contributed by atoms with Gasteiger partial charge >= 0.3 is 0 Å². The molecule has 6 nitrogen and oxygen atoms in total. The molecule has 0 aliphatic heterocycles. The number of H-pyrrole nitrogens is 1. The lowest BCUT2D eigenvalue weighted by atomic mass is 10.2. The molecule has 2 amide bonds. The highest BCUT2D eigenvalue weighted by atomic mass is 32.1. The fourth-order valence-electron chi connectivity index (χ4n) is 2.44. The number of benzene rings is 1. The van der Waals surface area contributed by atoms with Gasteiger partial charge < -0.3 is 15.6 Å². The number of hydrogen-bond donors (Lipinski definition) is 3. The van der Waals surface area contributed by atoms with Gasteiger partial charge in [-0.3, -0.25) is 9.59 Å². The van der Waals surface area contributed by atoms with Crippen molar-refractivity contribution >= 4 is 34.1 Å². The van der Waals surface area contributed by atoms with Gasteiger partial charge in [0.15, 0.2) is 0 Å². The Morgan fingerprint density at radius 2 is 2.17 bits per heavy atom. The maximum Gasteiger partial charge on any atom is 0.268 e. The number of amides is 2. The monoisotopic (exact) mass is 342 g/mol. The first-order chi connectivity index (χ1) is 11.7. The van der Waals surface area contributed by atoms with E-state index < -0.39 is 0 Å². The van der Waals surface area contributed by atoms with E-state index in [1.165, 1.54) is 11.3 Å². The summed E-state index contributed by atoms with van der Waals surface area (Å²) in [4.78, 5) is 31.5. The van der Waals surface area contributed by atoms with E-state index in [0.717, 1.165) is 22.3 Å². The molecule has 0 aliphatic rings. The first-order valence-corrected chi connectivity index (χ1v) is 8.60. The molecule has 124 valence electrons. The normalized spacial score (nSPS) is 12.0. The molecule has 1 atom stereocenters. The minimum absolute atomic E-state index is 0.0733. The highest BCUT2D eigenvalue weighted by molar-refractivity contribution is 7.09. The molecule has 24 heavy (non-hydrogen) atoms. The zero-order valence-corrected chi connectivity index (χ0v) is 14.0. The number of aromatic nitrogens is 2. The van der Waals surface area contributed by atoms with Crippen molar-refractivity contribution in [1.29, 1.82) is 0 Å². The van der Waals surface area contributed by atoms with Crippen molar-refractivity contribution in [3.63, 3.8) is 0 Å². The standard InChI is InChI=1S/C17H18N4O2S/c1-2-12(17-18-7-8-24-17)21-15(22)10-19-16(23)14-9-11-5-3-4-6-13(11)20-14/h3-9,12,20H,2,10H2,1H3,(H,19,23)(H,21,22). The van der Waals surface area contributed by atoms with Crippen LogP contribution < -0.4 is 10.6 Å². The lowest BCUT2D eigenvalue weighted by Crippen LogP contribution is -2.38. The Morgan fingerprint density at radius 3 is 2.88 bits per heavy atom. The number of fused-ring (bicyclic) bond motifs is 1. The molecule has 0 saturated heterocycles. The van der Waals surface area contributed by atoms with Gasteiger partial charge in [0.1, 0.15) is 10.7 Å². The largest absolute Gasteiger partial charge is 0.351 e. The second-order valence-electron chi connectivity index (χ2n) is 5.35. The van der Waals surface area contributed by atoms with E-state index in [4.69, 9.17) is 0 Å². The Labute approximate surface area is 143 Å². The van der Waals surface area contributed by atoms with Crippen LogP contribution in [0.2, 0.25) is 0 Å². The average Bonchev–Trinajstić information content (AvgIpc) is 3.26. The van der Waals surface area contributed by atoms with Crippen LogP contribution in [0.3, 0.4) is 0 Å². The maximum absolute atomic E-state index is 12.2. The molecule has 1 unspecified atom stereocenters. The molecule has 2 aromatic heterocycles. The summed E-state index contributed by atoms with van der Waals surface area (Å²) >= 11 is 1.50. The third-order valence-electron chi connectivity index (χ3n) is 3.68. The van der Waals surface area contributed by atoms with Gasteiger partial charge in [-0.2, -0.15) is 0 Å². The van der Waals surface area contributed by atoms with Crippen LogP contribution in [0.25, 0.3) is 10.9 Å². The van der Waals surface area contributed by atoms with Crippen LogP contribution in [0, 0.1) is 0 Å². The number of hydrogen-bond acceptors (Lipinski definition) is 4. The Morgan fingerprint density at radius 1 is 1.33 bits per heavy atom. The minimum atomic E-state index is -0.302. The van der Waals surface area contributed by atoms with Gasteiger partial charge in [-0.1, -0.05) is 25.1 Å².